The van der Waals surface area contributed by atoms with Crippen LogP contribution in [0.2, 0.25) is 0 Å². The summed E-state index contributed by atoms with van der Waals surface area (Å²) in [6, 6.07) is 2.99. The van der Waals surface area contributed by atoms with Crippen LogP contribution >= 0.6 is 0 Å². The van der Waals surface area contributed by atoms with Crippen molar-refractivity contribution < 1.29 is 19.0 Å². The van der Waals surface area contributed by atoms with Crippen molar-refractivity contribution >= 4 is 5.91 Å². The Balaban J connectivity index is 2.49. The number of hydrogen-bond acceptors (Lipinski definition) is 5. The van der Waals surface area contributed by atoms with Gasteiger partial charge in [-0.05, 0) is 0 Å². The van der Waals surface area contributed by atoms with E-state index < -0.39 is 6.04 Å². The Hall–Kier alpha value is -1.95. The van der Waals surface area contributed by atoms with E-state index in [0.29, 0.717) is 35.9 Å². The van der Waals surface area contributed by atoms with Gasteiger partial charge in [-0.1, -0.05) is 0 Å². The fourth-order valence-corrected chi connectivity index (χ4v) is 2.15. The van der Waals surface area contributed by atoms with Crippen molar-refractivity contribution in [2.45, 2.75) is 6.04 Å². The molecule has 1 fully saturated rings. The minimum Gasteiger partial charge on any atom is -0.496 e. The third-order valence-corrected chi connectivity index (χ3v) is 3.08. The van der Waals surface area contributed by atoms with Crippen LogP contribution in [0.25, 0.3) is 0 Å². The van der Waals surface area contributed by atoms with Gasteiger partial charge in [0.25, 0.3) is 0 Å². The molecule has 2 N–H and O–H groups in total. The van der Waals surface area contributed by atoms with E-state index in [1.54, 1.807) is 33.5 Å². The van der Waals surface area contributed by atoms with Crippen LogP contribution in [0.1, 0.15) is 11.6 Å². The molecule has 6 heteroatoms. The first-order chi connectivity index (χ1) is 9.21. The average molecular weight is 266 g/mol. The lowest BCUT2D eigenvalue weighted by molar-refractivity contribution is -0.124. The van der Waals surface area contributed by atoms with Crippen molar-refractivity contribution in [1.82, 2.24) is 10.6 Å². The van der Waals surface area contributed by atoms with Crippen LogP contribution in [-0.4, -0.2) is 40.3 Å². The molecule has 2 rings (SSSR count). The molecule has 1 atom stereocenters. The van der Waals surface area contributed by atoms with Crippen LogP contribution in [0.15, 0.2) is 12.1 Å². The summed E-state index contributed by atoms with van der Waals surface area (Å²) in [5, 5.41) is 5.98. The van der Waals surface area contributed by atoms with E-state index >= 15 is 0 Å². The van der Waals surface area contributed by atoms with Gasteiger partial charge in [0.05, 0.1) is 26.9 Å². The van der Waals surface area contributed by atoms with Crippen molar-refractivity contribution in [3.05, 3.63) is 17.7 Å². The molecule has 0 aliphatic carbocycles. The molecule has 1 aliphatic heterocycles. The van der Waals surface area contributed by atoms with Crippen molar-refractivity contribution in [1.29, 1.82) is 0 Å². The molecule has 104 valence electrons. The van der Waals surface area contributed by atoms with E-state index in [2.05, 4.69) is 10.6 Å². The lowest BCUT2D eigenvalue weighted by Gasteiger charge is -2.26. The van der Waals surface area contributed by atoms with Crippen molar-refractivity contribution in [2.24, 2.45) is 0 Å². The molecule has 0 radical (unpaired) electrons. The molecule has 6 nitrogen and oxygen atoms in total. The van der Waals surface area contributed by atoms with Gasteiger partial charge < -0.3 is 24.8 Å². The zero-order chi connectivity index (χ0) is 13.8. The maximum atomic E-state index is 12.0. The molecule has 19 heavy (non-hydrogen) atoms. The normalized spacial score (nSPS) is 18.7. The Bertz CT molecular complexity index is 451. The Labute approximate surface area is 112 Å². The minimum atomic E-state index is -0.482. The first-order valence-electron chi connectivity index (χ1n) is 6.02. The van der Waals surface area contributed by atoms with Crippen LogP contribution in [0.3, 0.4) is 0 Å². The molecular weight excluding hydrogens is 248 g/mol. The number of benzene rings is 1. The Morgan fingerprint density at radius 2 is 1.68 bits per heavy atom. The van der Waals surface area contributed by atoms with E-state index in [4.69, 9.17) is 14.2 Å². The fraction of sp³-hybridized carbons (Fsp3) is 0.462. The van der Waals surface area contributed by atoms with Crippen molar-refractivity contribution in [3.63, 3.8) is 0 Å². The summed E-state index contributed by atoms with van der Waals surface area (Å²) in [5.74, 6) is 1.65. The van der Waals surface area contributed by atoms with Gasteiger partial charge >= 0.3 is 0 Å². The number of methoxy groups -OCH3 is 3. The molecule has 0 saturated carbocycles. The maximum absolute atomic E-state index is 12.0. The molecule has 1 heterocycles. The average Bonchev–Trinajstić information content (AvgIpc) is 2.46. The standard InChI is InChI=1S/C13H18N2O4/c1-17-8-6-9(18-2)11(10(7-8)19-3)12-13(16)15-5-4-14-12/h6-7,12,14H,4-5H2,1-3H3,(H,15,16). The number of rotatable bonds is 4. The van der Waals surface area contributed by atoms with Gasteiger partial charge in [0, 0.05) is 25.2 Å². The SMILES string of the molecule is COc1cc(OC)c(C2NCCNC2=O)c(OC)c1. The summed E-state index contributed by atoms with van der Waals surface area (Å²) in [5.41, 5.74) is 0.683. The van der Waals surface area contributed by atoms with Crippen LogP contribution in [0, 0.1) is 0 Å². The largest absolute Gasteiger partial charge is 0.496 e. The molecular formula is C13H18N2O4. The number of piperazine rings is 1. The van der Waals surface area contributed by atoms with E-state index in [-0.39, 0.29) is 5.91 Å². The predicted octanol–water partition coefficient (Wildman–Crippen LogP) is 0.473. The highest BCUT2D eigenvalue weighted by molar-refractivity contribution is 5.85. The highest BCUT2D eigenvalue weighted by atomic mass is 16.5. The molecule has 0 bridgehead atoms. The maximum Gasteiger partial charge on any atom is 0.242 e. The van der Waals surface area contributed by atoms with Gasteiger partial charge in [0.15, 0.2) is 0 Å². The van der Waals surface area contributed by atoms with Gasteiger partial charge in [-0.25, -0.2) is 0 Å². The van der Waals surface area contributed by atoms with Gasteiger partial charge in [-0.3, -0.25) is 4.79 Å². The predicted molar refractivity (Wildman–Crippen MR) is 69.9 cm³/mol. The quantitative estimate of drug-likeness (QED) is 0.829. The monoisotopic (exact) mass is 266 g/mol. The first kappa shape index (κ1) is 13.5. The Morgan fingerprint density at radius 1 is 1.05 bits per heavy atom. The number of carbonyl (C=O) groups excluding carboxylic acids is 1. The summed E-state index contributed by atoms with van der Waals surface area (Å²) in [6.45, 7) is 1.32. The third kappa shape index (κ3) is 2.58. The lowest BCUT2D eigenvalue weighted by atomic mass is 10.0. The zero-order valence-corrected chi connectivity index (χ0v) is 11.3. The zero-order valence-electron chi connectivity index (χ0n) is 11.3. The number of amides is 1. The molecule has 1 aromatic carbocycles. The molecule has 1 saturated heterocycles. The van der Waals surface area contributed by atoms with Crippen molar-refractivity contribution in [2.75, 3.05) is 34.4 Å². The van der Waals surface area contributed by atoms with Gasteiger partial charge in [-0.2, -0.15) is 0 Å². The van der Waals surface area contributed by atoms with E-state index in [9.17, 15) is 4.79 Å². The molecule has 1 amide bonds. The Kier molecular flexibility index (Phi) is 4.11. The second-order valence-electron chi connectivity index (χ2n) is 4.12. The second kappa shape index (κ2) is 5.79. The molecule has 0 aromatic heterocycles. The first-order valence-corrected chi connectivity index (χ1v) is 6.02. The molecule has 1 aromatic rings. The van der Waals surface area contributed by atoms with E-state index in [0.717, 1.165) is 0 Å². The highest BCUT2D eigenvalue weighted by Crippen LogP contribution is 2.38. The van der Waals surface area contributed by atoms with Crippen LogP contribution in [0.5, 0.6) is 17.2 Å². The molecule has 0 spiro atoms. The second-order valence-corrected chi connectivity index (χ2v) is 4.12. The highest BCUT2D eigenvalue weighted by Gasteiger charge is 2.30. The smallest absolute Gasteiger partial charge is 0.242 e. The third-order valence-electron chi connectivity index (χ3n) is 3.08. The number of nitrogens with one attached hydrogen (secondary N) is 2. The Morgan fingerprint density at radius 3 is 2.16 bits per heavy atom. The summed E-state index contributed by atoms with van der Waals surface area (Å²) < 4.78 is 15.9. The van der Waals surface area contributed by atoms with Crippen LogP contribution in [-0.2, 0) is 4.79 Å². The van der Waals surface area contributed by atoms with Gasteiger partial charge in [-0.15, -0.1) is 0 Å². The lowest BCUT2D eigenvalue weighted by Crippen LogP contribution is -2.47. The van der Waals surface area contributed by atoms with Crippen molar-refractivity contribution in [3.8, 4) is 17.2 Å². The number of carbonyl (C=O) groups is 1. The topological polar surface area (TPSA) is 68.8 Å². The number of ether oxygens (including phenoxy) is 3. The summed E-state index contributed by atoms with van der Waals surface area (Å²) in [7, 11) is 4.68. The van der Waals surface area contributed by atoms with E-state index in [1.165, 1.54) is 0 Å². The van der Waals surface area contributed by atoms with Gasteiger partial charge in [0.1, 0.15) is 23.3 Å². The minimum absolute atomic E-state index is 0.0898. The summed E-state index contributed by atoms with van der Waals surface area (Å²) in [6.07, 6.45) is 0. The van der Waals surface area contributed by atoms with Gasteiger partial charge in [0.2, 0.25) is 5.91 Å². The summed E-state index contributed by atoms with van der Waals surface area (Å²) in [4.78, 5) is 12.0. The molecule has 1 aliphatic rings. The number of hydrogen-bond donors (Lipinski definition) is 2. The summed E-state index contributed by atoms with van der Waals surface area (Å²) >= 11 is 0. The fourth-order valence-electron chi connectivity index (χ4n) is 2.15. The van der Waals surface area contributed by atoms with Crippen LogP contribution in [0.4, 0.5) is 0 Å². The van der Waals surface area contributed by atoms with Crippen LogP contribution < -0.4 is 24.8 Å². The molecule has 1 unspecified atom stereocenters. The van der Waals surface area contributed by atoms with E-state index in [1.807, 2.05) is 0 Å².